The van der Waals surface area contributed by atoms with Crippen molar-refractivity contribution in [1.82, 2.24) is 14.5 Å². The Labute approximate surface area is 203 Å². The molecule has 0 aliphatic heterocycles. The van der Waals surface area contributed by atoms with E-state index in [1.165, 1.54) is 21.9 Å². The highest BCUT2D eigenvalue weighted by Crippen LogP contribution is 2.36. The second kappa shape index (κ2) is 8.23. The quantitative estimate of drug-likeness (QED) is 0.282. The molecule has 6 aromatic rings. The van der Waals surface area contributed by atoms with E-state index in [9.17, 15) is 5.26 Å². The second-order valence-electron chi connectivity index (χ2n) is 8.83. The van der Waals surface area contributed by atoms with Crippen molar-refractivity contribution in [2.24, 2.45) is 0 Å². The van der Waals surface area contributed by atoms with Crippen molar-refractivity contribution < 1.29 is 0 Å². The van der Waals surface area contributed by atoms with Crippen LogP contribution < -0.4 is 0 Å². The van der Waals surface area contributed by atoms with Gasteiger partial charge in [0.05, 0.1) is 22.4 Å². The van der Waals surface area contributed by atoms with Crippen molar-refractivity contribution in [2.45, 2.75) is 13.8 Å². The van der Waals surface area contributed by atoms with Gasteiger partial charge in [0, 0.05) is 28.0 Å². The van der Waals surface area contributed by atoms with Crippen LogP contribution in [-0.2, 0) is 0 Å². The van der Waals surface area contributed by atoms with Gasteiger partial charge in [0.25, 0.3) is 0 Å². The first-order chi connectivity index (χ1) is 17.1. The number of benzene rings is 4. The summed E-state index contributed by atoms with van der Waals surface area (Å²) in [6, 6.07) is 35.2. The van der Waals surface area contributed by atoms with E-state index < -0.39 is 0 Å². The summed E-state index contributed by atoms with van der Waals surface area (Å²) in [5.74, 6) is 0.535. The lowest BCUT2D eigenvalue weighted by Crippen LogP contribution is -2.01. The summed E-state index contributed by atoms with van der Waals surface area (Å²) in [5, 5.41) is 12.2. The van der Waals surface area contributed by atoms with Crippen LogP contribution in [0.15, 0.2) is 97.1 Å². The van der Waals surface area contributed by atoms with E-state index in [1.54, 1.807) is 6.07 Å². The minimum absolute atomic E-state index is 0.345. The second-order valence-corrected chi connectivity index (χ2v) is 8.83. The predicted molar refractivity (Wildman–Crippen MR) is 141 cm³/mol. The summed E-state index contributed by atoms with van der Waals surface area (Å²) in [6.45, 7) is 4.25. The van der Waals surface area contributed by atoms with Crippen molar-refractivity contribution in [1.29, 1.82) is 5.26 Å². The normalized spacial score (nSPS) is 11.1. The minimum atomic E-state index is 0.345. The highest BCUT2D eigenvalue weighted by Gasteiger charge is 2.18. The zero-order valence-electron chi connectivity index (χ0n) is 19.5. The Morgan fingerprint density at radius 3 is 1.97 bits per heavy atom. The Kier molecular flexibility index (Phi) is 4.90. The first-order valence-electron chi connectivity index (χ1n) is 11.6. The maximum Gasteiger partial charge on any atom is 0.163 e. The van der Waals surface area contributed by atoms with Gasteiger partial charge >= 0.3 is 0 Å². The third-order valence-corrected chi connectivity index (χ3v) is 6.37. The molecule has 0 aliphatic carbocycles. The Bertz CT molecular complexity index is 1710. The third-order valence-electron chi connectivity index (χ3n) is 6.37. The molecule has 0 N–H and O–H groups in total. The number of hydrogen-bond acceptors (Lipinski definition) is 3. The van der Waals surface area contributed by atoms with Crippen LogP contribution in [0.5, 0.6) is 0 Å². The maximum absolute atomic E-state index is 9.72. The molecule has 0 spiro atoms. The van der Waals surface area contributed by atoms with Crippen molar-refractivity contribution in [3.05, 3.63) is 114 Å². The molecule has 4 aromatic carbocycles. The van der Waals surface area contributed by atoms with Crippen LogP contribution in [0.25, 0.3) is 50.1 Å². The highest BCUT2D eigenvalue weighted by molar-refractivity contribution is 6.10. The molecule has 0 saturated heterocycles. The average Bonchev–Trinajstić information content (AvgIpc) is 3.21. The van der Waals surface area contributed by atoms with Gasteiger partial charge in [-0.1, -0.05) is 65.7 Å². The van der Waals surface area contributed by atoms with Crippen molar-refractivity contribution >= 4 is 21.8 Å². The molecule has 0 unspecified atom stereocenters. The molecule has 0 atom stereocenters. The molecule has 4 heteroatoms. The SMILES string of the molecule is Cc1ccc2c(c1)c1cc(C)ccc1n2-c1ccccc1-c1nc(C#N)cc(-c2ccccc2)n1. The lowest BCUT2D eigenvalue weighted by molar-refractivity contribution is 1.12. The largest absolute Gasteiger partial charge is 0.309 e. The number of aryl methyl sites for hydroxylation is 2. The molecule has 0 bridgehead atoms. The van der Waals surface area contributed by atoms with Gasteiger partial charge in [0.2, 0.25) is 0 Å². The fraction of sp³-hybridized carbons (Fsp3) is 0.0645. The molecule has 0 saturated carbocycles. The zero-order valence-corrected chi connectivity index (χ0v) is 19.5. The van der Waals surface area contributed by atoms with Gasteiger partial charge in [-0.25, -0.2) is 9.97 Å². The van der Waals surface area contributed by atoms with Gasteiger partial charge < -0.3 is 4.57 Å². The summed E-state index contributed by atoms with van der Waals surface area (Å²) >= 11 is 0. The van der Waals surface area contributed by atoms with Gasteiger partial charge in [-0.05, 0) is 50.2 Å². The van der Waals surface area contributed by atoms with Crippen LogP contribution in [0.1, 0.15) is 16.8 Å². The van der Waals surface area contributed by atoms with Crippen molar-refractivity contribution in [3.8, 4) is 34.4 Å². The number of fused-ring (bicyclic) bond motifs is 3. The number of nitriles is 1. The number of para-hydroxylation sites is 1. The molecule has 0 radical (unpaired) electrons. The molecule has 2 heterocycles. The smallest absolute Gasteiger partial charge is 0.163 e. The van der Waals surface area contributed by atoms with E-state index >= 15 is 0 Å². The summed E-state index contributed by atoms with van der Waals surface area (Å²) in [4.78, 5) is 9.53. The van der Waals surface area contributed by atoms with Crippen LogP contribution in [0.4, 0.5) is 0 Å². The Balaban J connectivity index is 1.66. The molecule has 6 rings (SSSR count). The molecule has 4 nitrogen and oxygen atoms in total. The fourth-order valence-electron chi connectivity index (χ4n) is 4.75. The highest BCUT2D eigenvalue weighted by atomic mass is 15.0. The van der Waals surface area contributed by atoms with E-state index in [0.29, 0.717) is 11.5 Å². The number of aromatic nitrogens is 3. The summed E-state index contributed by atoms with van der Waals surface area (Å²) < 4.78 is 2.28. The van der Waals surface area contributed by atoms with E-state index in [4.69, 9.17) is 4.98 Å². The molecular formula is C31H22N4. The average molecular weight is 451 g/mol. The van der Waals surface area contributed by atoms with E-state index in [-0.39, 0.29) is 0 Å². The van der Waals surface area contributed by atoms with Crippen molar-refractivity contribution in [3.63, 3.8) is 0 Å². The molecule has 166 valence electrons. The first kappa shape index (κ1) is 20.8. The van der Waals surface area contributed by atoms with Crippen LogP contribution in [0, 0.1) is 25.2 Å². The molecule has 0 fully saturated rings. The number of rotatable bonds is 3. The Morgan fingerprint density at radius 1 is 0.686 bits per heavy atom. The molecule has 0 amide bonds. The van der Waals surface area contributed by atoms with E-state index in [1.807, 2.05) is 48.5 Å². The van der Waals surface area contributed by atoms with Crippen LogP contribution in [0.3, 0.4) is 0 Å². The summed E-state index contributed by atoms with van der Waals surface area (Å²) in [6.07, 6.45) is 0. The minimum Gasteiger partial charge on any atom is -0.309 e. The number of nitrogens with zero attached hydrogens (tertiary/aromatic N) is 4. The Hall–Kier alpha value is -4.75. The van der Waals surface area contributed by atoms with Crippen molar-refractivity contribution in [2.75, 3.05) is 0 Å². The van der Waals surface area contributed by atoms with E-state index in [2.05, 4.69) is 71.9 Å². The first-order valence-corrected chi connectivity index (χ1v) is 11.6. The summed E-state index contributed by atoms with van der Waals surface area (Å²) in [5.41, 5.74) is 8.59. The molecular weight excluding hydrogens is 428 g/mol. The van der Waals surface area contributed by atoms with Crippen LogP contribution in [0.2, 0.25) is 0 Å². The predicted octanol–water partition coefficient (Wildman–Crippen LogP) is 7.40. The molecule has 2 aromatic heterocycles. The van der Waals surface area contributed by atoms with Gasteiger partial charge in [-0.15, -0.1) is 0 Å². The van der Waals surface area contributed by atoms with Crippen LogP contribution in [-0.4, -0.2) is 14.5 Å². The van der Waals surface area contributed by atoms with Gasteiger partial charge in [-0.2, -0.15) is 5.26 Å². The van der Waals surface area contributed by atoms with Crippen LogP contribution >= 0.6 is 0 Å². The zero-order chi connectivity index (χ0) is 23.9. The molecule has 0 aliphatic rings. The summed E-state index contributed by atoms with van der Waals surface area (Å²) in [7, 11) is 0. The number of hydrogen-bond donors (Lipinski definition) is 0. The Morgan fingerprint density at radius 2 is 1.31 bits per heavy atom. The van der Waals surface area contributed by atoms with E-state index in [0.717, 1.165) is 33.5 Å². The topological polar surface area (TPSA) is 54.5 Å². The lowest BCUT2D eigenvalue weighted by atomic mass is 10.1. The maximum atomic E-state index is 9.72. The standard InChI is InChI=1S/C31H22N4/c1-20-12-14-29-25(16-20)26-17-21(2)13-15-30(26)35(29)28-11-7-6-10-24(28)31-33-23(19-32)18-27(34-31)22-8-4-3-5-9-22/h3-18H,1-2H3. The lowest BCUT2D eigenvalue weighted by Gasteiger charge is -2.14. The van der Waals surface area contributed by atoms with Gasteiger partial charge in [0.15, 0.2) is 5.82 Å². The van der Waals surface area contributed by atoms with Gasteiger partial charge in [0.1, 0.15) is 11.8 Å². The monoisotopic (exact) mass is 450 g/mol. The fourth-order valence-corrected chi connectivity index (χ4v) is 4.75. The molecule has 35 heavy (non-hydrogen) atoms. The van der Waals surface area contributed by atoms with Gasteiger partial charge in [-0.3, -0.25) is 0 Å². The third kappa shape index (κ3) is 3.55.